The van der Waals surface area contributed by atoms with Gasteiger partial charge in [0, 0.05) is 44.0 Å². The average Bonchev–Trinajstić information content (AvgIpc) is 3.74. The van der Waals surface area contributed by atoms with Gasteiger partial charge in [0.2, 0.25) is 5.91 Å². The van der Waals surface area contributed by atoms with Crippen LogP contribution in [0.3, 0.4) is 0 Å². The second-order valence-electron chi connectivity index (χ2n) is 9.60. The number of para-hydroxylation sites is 1. The van der Waals surface area contributed by atoms with Crippen LogP contribution in [0, 0.1) is 5.92 Å². The predicted octanol–water partition coefficient (Wildman–Crippen LogP) is 5.24. The molecular weight excluding hydrogens is 452 g/mol. The number of piperidine rings is 1. The Bertz CT molecular complexity index is 1190. The highest BCUT2D eigenvalue weighted by molar-refractivity contribution is 5.83. The van der Waals surface area contributed by atoms with Crippen LogP contribution in [0.15, 0.2) is 84.9 Å². The fourth-order valence-corrected chi connectivity index (χ4v) is 5.28. The van der Waals surface area contributed by atoms with E-state index in [-0.39, 0.29) is 11.8 Å². The molecular formula is C30H32N2O4. The maximum absolute atomic E-state index is 13.2. The molecule has 5 rings (SSSR count). The molecule has 6 heteroatoms. The smallest absolute Gasteiger partial charge is 0.408 e. The normalized spacial score (nSPS) is 20.3. The molecule has 1 heterocycles. The molecule has 2 fully saturated rings. The van der Waals surface area contributed by atoms with Crippen molar-refractivity contribution in [2.75, 3.05) is 20.2 Å². The van der Waals surface area contributed by atoms with Gasteiger partial charge in [0.15, 0.2) is 0 Å². The molecule has 6 nitrogen and oxygen atoms in total. The lowest BCUT2D eigenvalue weighted by molar-refractivity contribution is -0.137. The number of ether oxygens (including phenoxy) is 2. The summed E-state index contributed by atoms with van der Waals surface area (Å²) in [6, 6.07) is 27.7. The number of carbonyl (C=O) groups excluding carboxylic acids is 2. The number of nitrogens with one attached hydrogen (secondary N) is 1. The summed E-state index contributed by atoms with van der Waals surface area (Å²) in [6.45, 7) is 1.43. The maximum atomic E-state index is 13.2. The largest absolute Gasteiger partial charge is 0.496 e. The number of hydrogen-bond acceptors (Lipinski definition) is 4. The van der Waals surface area contributed by atoms with Crippen molar-refractivity contribution >= 4 is 12.0 Å². The Balaban J connectivity index is 1.24. The van der Waals surface area contributed by atoms with Crippen molar-refractivity contribution in [2.24, 2.45) is 5.92 Å². The van der Waals surface area contributed by atoms with Crippen LogP contribution < -0.4 is 10.1 Å². The molecule has 186 valence electrons. The number of carbonyl (C=O) groups is 2. The number of rotatable bonds is 7. The predicted molar refractivity (Wildman–Crippen MR) is 138 cm³/mol. The summed E-state index contributed by atoms with van der Waals surface area (Å²) < 4.78 is 11.5. The lowest BCUT2D eigenvalue weighted by Gasteiger charge is -2.41. The first-order valence-corrected chi connectivity index (χ1v) is 12.6. The van der Waals surface area contributed by atoms with Gasteiger partial charge in [0.05, 0.1) is 7.11 Å². The van der Waals surface area contributed by atoms with Gasteiger partial charge in [-0.15, -0.1) is 0 Å². The zero-order valence-electron chi connectivity index (χ0n) is 20.6. The van der Waals surface area contributed by atoms with E-state index in [1.54, 1.807) is 7.11 Å². The van der Waals surface area contributed by atoms with Crippen molar-refractivity contribution in [3.05, 3.63) is 102 Å². The summed E-state index contributed by atoms with van der Waals surface area (Å²) in [4.78, 5) is 28.1. The third-order valence-electron chi connectivity index (χ3n) is 7.42. The zero-order valence-corrected chi connectivity index (χ0v) is 20.6. The van der Waals surface area contributed by atoms with Gasteiger partial charge in [-0.3, -0.25) is 4.79 Å². The van der Waals surface area contributed by atoms with E-state index in [1.165, 1.54) is 5.56 Å². The summed E-state index contributed by atoms with van der Waals surface area (Å²) in [5, 5.41) is 2.88. The van der Waals surface area contributed by atoms with Crippen LogP contribution in [0.4, 0.5) is 4.79 Å². The van der Waals surface area contributed by atoms with Gasteiger partial charge in [-0.05, 0) is 29.5 Å². The van der Waals surface area contributed by atoms with E-state index in [2.05, 4.69) is 17.4 Å². The minimum atomic E-state index is -0.773. The highest BCUT2D eigenvalue weighted by atomic mass is 16.6. The first-order valence-electron chi connectivity index (χ1n) is 12.6. The van der Waals surface area contributed by atoms with E-state index in [9.17, 15) is 9.59 Å². The van der Waals surface area contributed by atoms with Crippen molar-refractivity contribution in [2.45, 2.75) is 37.3 Å². The monoisotopic (exact) mass is 484 g/mol. The molecule has 0 radical (unpaired) electrons. The zero-order chi connectivity index (χ0) is 25.0. The molecule has 0 aromatic heterocycles. The molecule has 1 aliphatic heterocycles. The highest BCUT2D eigenvalue weighted by Gasteiger charge is 2.48. The van der Waals surface area contributed by atoms with Gasteiger partial charge in [-0.1, -0.05) is 78.9 Å². The SMILES string of the molecule is COc1ccccc1CNC(=O)OC1(c2ccccc2)CCN(C(=O)C2CC2c2ccccc2)CC1. The third kappa shape index (κ3) is 5.08. The summed E-state index contributed by atoms with van der Waals surface area (Å²) in [5.74, 6) is 1.31. The quantitative estimate of drug-likeness (QED) is 0.498. The second kappa shape index (κ2) is 10.4. The Morgan fingerprint density at radius 3 is 2.25 bits per heavy atom. The third-order valence-corrected chi connectivity index (χ3v) is 7.42. The molecule has 1 aliphatic carbocycles. The lowest BCUT2D eigenvalue weighted by Crippen LogP contribution is -2.48. The number of alkyl carbamates (subject to hydrolysis) is 1. The summed E-state index contributed by atoms with van der Waals surface area (Å²) in [7, 11) is 1.61. The van der Waals surface area contributed by atoms with Crippen molar-refractivity contribution in [3.63, 3.8) is 0 Å². The summed E-state index contributed by atoms with van der Waals surface area (Å²) in [6.07, 6.45) is 1.56. The molecule has 1 saturated heterocycles. The van der Waals surface area contributed by atoms with Crippen LogP contribution in [0.1, 0.15) is 41.9 Å². The molecule has 36 heavy (non-hydrogen) atoms. The standard InChI is InChI=1S/C30H32N2O4/c1-35-27-15-9-8-12-23(27)21-31-29(34)36-30(24-13-6-3-7-14-24)16-18-32(19-17-30)28(33)26-20-25(26)22-10-4-2-5-11-22/h2-15,25-26H,16-21H2,1H3,(H,31,34). The first-order chi connectivity index (χ1) is 17.6. The van der Waals surface area contributed by atoms with Gasteiger partial charge in [-0.25, -0.2) is 4.79 Å². The number of hydrogen-bond donors (Lipinski definition) is 1. The van der Waals surface area contributed by atoms with Gasteiger partial charge in [0.1, 0.15) is 11.4 Å². The summed E-state index contributed by atoms with van der Waals surface area (Å²) >= 11 is 0. The minimum Gasteiger partial charge on any atom is -0.496 e. The van der Waals surface area contributed by atoms with Crippen LogP contribution in [0.2, 0.25) is 0 Å². The molecule has 2 unspecified atom stereocenters. The molecule has 0 spiro atoms. The fourth-order valence-electron chi connectivity index (χ4n) is 5.28. The molecule has 1 saturated carbocycles. The molecule has 3 aromatic carbocycles. The van der Waals surface area contributed by atoms with Gasteiger partial charge >= 0.3 is 6.09 Å². The fraction of sp³-hybridized carbons (Fsp3) is 0.333. The highest BCUT2D eigenvalue weighted by Crippen LogP contribution is 2.49. The van der Waals surface area contributed by atoms with E-state index < -0.39 is 11.7 Å². The van der Waals surface area contributed by atoms with Crippen LogP contribution in [-0.4, -0.2) is 37.1 Å². The van der Waals surface area contributed by atoms with Crippen molar-refractivity contribution < 1.29 is 19.1 Å². The minimum absolute atomic E-state index is 0.0571. The van der Waals surface area contributed by atoms with Crippen LogP contribution in [0.25, 0.3) is 0 Å². The average molecular weight is 485 g/mol. The summed E-state index contributed by atoms with van der Waals surface area (Å²) in [5.41, 5.74) is 2.30. The molecule has 1 N–H and O–H groups in total. The molecule has 2 atom stereocenters. The van der Waals surface area contributed by atoms with Crippen molar-refractivity contribution in [1.82, 2.24) is 10.2 Å². The van der Waals surface area contributed by atoms with E-state index in [0.717, 1.165) is 23.3 Å². The Labute approximate surface area is 212 Å². The molecule has 0 bridgehead atoms. The second-order valence-corrected chi connectivity index (χ2v) is 9.60. The Morgan fingerprint density at radius 1 is 0.917 bits per heavy atom. The van der Waals surface area contributed by atoms with E-state index in [4.69, 9.17) is 9.47 Å². The van der Waals surface area contributed by atoms with Gasteiger partial charge < -0.3 is 19.7 Å². The van der Waals surface area contributed by atoms with Crippen LogP contribution >= 0.6 is 0 Å². The lowest BCUT2D eigenvalue weighted by atomic mass is 9.84. The maximum Gasteiger partial charge on any atom is 0.408 e. The van der Waals surface area contributed by atoms with E-state index >= 15 is 0 Å². The first kappa shape index (κ1) is 23.9. The Hall–Kier alpha value is -3.80. The molecule has 3 aromatic rings. The Morgan fingerprint density at radius 2 is 1.56 bits per heavy atom. The topological polar surface area (TPSA) is 67.9 Å². The Kier molecular flexibility index (Phi) is 6.94. The van der Waals surface area contributed by atoms with E-state index in [0.29, 0.717) is 38.4 Å². The number of amides is 2. The van der Waals surface area contributed by atoms with Crippen LogP contribution in [-0.2, 0) is 21.7 Å². The number of nitrogens with zero attached hydrogens (tertiary/aromatic N) is 1. The molecule has 2 aliphatic rings. The van der Waals surface area contributed by atoms with Crippen molar-refractivity contribution in [3.8, 4) is 5.75 Å². The number of methoxy groups -OCH3 is 1. The number of benzene rings is 3. The number of likely N-dealkylation sites (tertiary alicyclic amines) is 1. The van der Waals surface area contributed by atoms with Gasteiger partial charge in [-0.2, -0.15) is 0 Å². The van der Waals surface area contributed by atoms with Crippen LogP contribution in [0.5, 0.6) is 5.75 Å². The van der Waals surface area contributed by atoms with Crippen molar-refractivity contribution in [1.29, 1.82) is 0 Å². The van der Waals surface area contributed by atoms with E-state index in [1.807, 2.05) is 77.7 Å². The van der Waals surface area contributed by atoms with Gasteiger partial charge in [0.25, 0.3) is 0 Å². The molecule has 2 amide bonds.